The lowest BCUT2D eigenvalue weighted by Gasteiger charge is -2.05. The highest BCUT2D eigenvalue weighted by Crippen LogP contribution is 2.16. The largest absolute Gasteiger partial charge is 0.381 e. The van der Waals surface area contributed by atoms with Gasteiger partial charge < -0.3 is 5.73 Å². The van der Waals surface area contributed by atoms with Crippen LogP contribution in [0.5, 0.6) is 0 Å². The monoisotopic (exact) mass is 220 g/mol. The van der Waals surface area contributed by atoms with Gasteiger partial charge >= 0.3 is 0 Å². The summed E-state index contributed by atoms with van der Waals surface area (Å²) in [5.41, 5.74) is 7.37. The zero-order chi connectivity index (χ0) is 11.5. The molecule has 4 nitrogen and oxygen atoms in total. The minimum Gasteiger partial charge on any atom is -0.381 e. The molecule has 0 fully saturated rings. The molecule has 0 unspecified atom stereocenters. The molecule has 0 atom stereocenters. The number of benzene rings is 1. The Bertz CT molecular complexity index is 475. The SMILES string of the molecule is CCCc1c(N)nnn1-c1ccc(F)cc1. The van der Waals surface area contributed by atoms with E-state index in [-0.39, 0.29) is 5.82 Å². The minimum absolute atomic E-state index is 0.270. The van der Waals surface area contributed by atoms with Gasteiger partial charge in [-0.15, -0.1) is 5.10 Å². The second kappa shape index (κ2) is 4.30. The zero-order valence-corrected chi connectivity index (χ0v) is 9.02. The highest BCUT2D eigenvalue weighted by molar-refractivity contribution is 5.40. The van der Waals surface area contributed by atoms with E-state index in [1.807, 2.05) is 0 Å². The fourth-order valence-corrected chi connectivity index (χ4v) is 1.57. The van der Waals surface area contributed by atoms with Gasteiger partial charge in [-0.2, -0.15) is 0 Å². The molecule has 0 aliphatic carbocycles. The number of aromatic nitrogens is 3. The normalized spacial score (nSPS) is 10.6. The Morgan fingerprint density at radius 2 is 2.00 bits per heavy atom. The van der Waals surface area contributed by atoms with Crippen molar-refractivity contribution in [2.24, 2.45) is 0 Å². The average Bonchev–Trinajstić information content (AvgIpc) is 2.63. The molecule has 2 rings (SSSR count). The van der Waals surface area contributed by atoms with Crippen LogP contribution in [0.4, 0.5) is 10.2 Å². The van der Waals surface area contributed by atoms with Crippen LogP contribution in [0.15, 0.2) is 24.3 Å². The van der Waals surface area contributed by atoms with Crippen molar-refractivity contribution >= 4 is 5.82 Å². The molecular weight excluding hydrogens is 207 g/mol. The lowest BCUT2D eigenvalue weighted by Crippen LogP contribution is -2.03. The van der Waals surface area contributed by atoms with Crippen molar-refractivity contribution in [3.8, 4) is 5.69 Å². The van der Waals surface area contributed by atoms with E-state index in [4.69, 9.17) is 5.73 Å². The summed E-state index contributed by atoms with van der Waals surface area (Å²) in [6.45, 7) is 2.06. The molecule has 84 valence electrons. The Morgan fingerprint density at radius 3 is 2.62 bits per heavy atom. The van der Waals surface area contributed by atoms with Crippen molar-refractivity contribution in [3.05, 3.63) is 35.8 Å². The molecule has 2 N–H and O–H groups in total. The summed E-state index contributed by atoms with van der Waals surface area (Å²) in [6.07, 6.45) is 1.76. The van der Waals surface area contributed by atoms with Crippen LogP contribution in [0.3, 0.4) is 0 Å². The van der Waals surface area contributed by atoms with Crippen LogP contribution in [0.1, 0.15) is 19.0 Å². The van der Waals surface area contributed by atoms with Gasteiger partial charge in [0.15, 0.2) is 5.82 Å². The predicted molar refractivity (Wildman–Crippen MR) is 59.7 cm³/mol. The van der Waals surface area contributed by atoms with Crippen LogP contribution in [-0.2, 0) is 6.42 Å². The third kappa shape index (κ3) is 1.88. The summed E-state index contributed by atoms with van der Waals surface area (Å²) < 4.78 is 14.4. The molecule has 2 aromatic rings. The zero-order valence-electron chi connectivity index (χ0n) is 9.02. The highest BCUT2D eigenvalue weighted by atomic mass is 19.1. The molecule has 0 radical (unpaired) electrons. The standard InChI is InChI=1S/C11H13FN4/c1-2-3-10-11(13)14-15-16(10)9-6-4-8(12)5-7-9/h4-7H,2-3,13H2,1H3. The second-order valence-corrected chi connectivity index (χ2v) is 3.56. The summed E-state index contributed by atoms with van der Waals surface area (Å²) in [4.78, 5) is 0. The average molecular weight is 220 g/mol. The Balaban J connectivity index is 2.43. The minimum atomic E-state index is -0.270. The summed E-state index contributed by atoms with van der Waals surface area (Å²) in [5.74, 6) is 0.167. The molecular formula is C11H13FN4. The van der Waals surface area contributed by atoms with Crippen molar-refractivity contribution in [3.63, 3.8) is 0 Å². The van der Waals surface area contributed by atoms with Gasteiger partial charge in [-0.3, -0.25) is 0 Å². The van der Waals surface area contributed by atoms with Crippen molar-refractivity contribution in [1.29, 1.82) is 0 Å². The maximum absolute atomic E-state index is 12.8. The van der Waals surface area contributed by atoms with Crippen molar-refractivity contribution in [2.45, 2.75) is 19.8 Å². The molecule has 1 aromatic heterocycles. The van der Waals surface area contributed by atoms with Crippen LogP contribution < -0.4 is 5.73 Å². The fourth-order valence-electron chi connectivity index (χ4n) is 1.57. The quantitative estimate of drug-likeness (QED) is 0.860. The summed E-state index contributed by atoms with van der Waals surface area (Å²) in [6, 6.07) is 6.09. The van der Waals surface area contributed by atoms with E-state index in [1.165, 1.54) is 12.1 Å². The molecule has 16 heavy (non-hydrogen) atoms. The number of anilines is 1. The number of nitrogen functional groups attached to an aromatic ring is 1. The van der Waals surface area contributed by atoms with Crippen LogP contribution in [0.25, 0.3) is 5.69 Å². The van der Waals surface area contributed by atoms with E-state index in [2.05, 4.69) is 17.2 Å². The predicted octanol–water partition coefficient (Wildman–Crippen LogP) is 1.94. The smallest absolute Gasteiger partial charge is 0.169 e. The molecule has 0 saturated carbocycles. The number of hydrogen-bond acceptors (Lipinski definition) is 3. The number of nitrogens with zero attached hydrogens (tertiary/aromatic N) is 3. The second-order valence-electron chi connectivity index (χ2n) is 3.56. The van der Waals surface area contributed by atoms with E-state index in [1.54, 1.807) is 16.8 Å². The number of halogens is 1. The first-order valence-corrected chi connectivity index (χ1v) is 5.18. The van der Waals surface area contributed by atoms with Gasteiger partial charge in [0.2, 0.25) is 0 Å². The van der Waals surface area contributed by atoms with Gasteiger partial charge in [0.05, 0.1) is 11.4 Å². The third-order valence-corrected chi connectivity index (χ3v) is 2.35. The first kappa shape index (κ1) is 10.6. The molecule has 0 amide bonds. The van der Waals surface area contributed by atoms with E-state index in [9.17, 15) is 4.39 Å². The van der Waals surface area contributed by atoms with Gasteiger partial charge in [-0.05, 0) is 30.7 Å². The highest BCUT2D eigenvalue weighted by Gasteiger charge is 2.10. The summed E-state index contributed by atoms with van der Waals surface area (Å²) in [5, 5.41) is 7.78. The van der Waals surface area contributed by atoms with Crippen LogP contribution >= 0.6 is 0 Å². The lowest BCUT2D eigenvalue weighted by atomic mass is 10.2. The fraction of sp³-hybridized carbons (Fsp3) is 0.273. The number of nitrogens with two attached hydrogens (primary N) is 1. The molecule has 0 bridgehead atoms. The van der Waals surface area contributed by atoms with Gasteiger partial charge in [0.25, 0.3) is 0 Å². The Hall–Kier alpha value is -1.91. The number of rotatable bonds is 3. The Kier molecular flexibility index (Phi) is 2.85. The summed E-state index contributed by atoms with van der Waals surface area (Å²) in [7, 11) is 0. The summed E-state index contributed by atoms with van der Waals surface area (Å²) >= 11 is 0. The Morgan fingerprint density at radius 1 is 1.31 bits per heavy atom. The first-order chi connectivity index (χ1) is 7.72. The Labute approximate surface area is 92.9 Å². The third-order valence-electron chi connectivity index (χ3n) is 2.35. The number of hydrogen-bond donors (Lipinski definition) is 1. The van der Waals surface area contributed by atoms with E-state index in [0.717, 1.165) is 24.2 Å². The van der Waals surface area contributed by atoms with Crippen molar-refractivity contribution in [1.82, 2.24) is 15.0 Å². The molecule has 0 saturated heterocycles. The maximum Gasteiger partial charge on any atom is 0.169 e. The molecule has 1 heterocycles. The first-order valence-electron chi connectivity index (χ1n) is 5.18. The van der Waals surface area contributed by atoms with Gasteiger partial charge in [0, 0.05) is 0 Å². The van der Waals surface area contributed by atoms with Gasteiger partial charge in [0.1, 0.15) is 5.82 Å². The molecule has 0 aliphatic rings. The molecule has 1 aromatic carbocycles. The lowest BCUT2D eigenvalue weighted by molar-refractivity contribution is 0.626. The van der Waals surface area contributed by atoms with E-state index in [0.29, 0.717) is 5.82 Å². The van der Waals surface area contributed by atoms with E-state index < -0.39 is 0 Å². The molecule has 5 heteroatoms. The molecule has 0 spiro atoms. The van der Waals surface area contributed by atoms with Crippen molar-refractivity contribution < 1.29 is 4.39 Å². The van der Waals surface area contributed by atoms with E-state index >= 15 is 0 Å². The van der Waals surface area contributed by atoms with Gasteiger partial charge in [-0.1, -0.05) is 18.6 Å². The van der Waals surface area contributed by atoms with Crippen LogP contribution in [-0.4, -0.2) is 15.0 Å². The maximum atomic E-state index is 12.8. The van der Waals surface area contributed by atoms with Crippen LogP contribution in [0.2, 0.25) is 0 Å². The molecule has 0 aliphatic heterocycles. The van der Waals surface area contributed by atoms with Crippen LogP contribution in [0, 0.1) is 5.82 Å². The topological polar surface area (TPSA) is 56.7 Å². The van der Waals surface area contributed by atoms with Crippen molar-refractivity contribution in [2.75, 3.05) is 5.73 Å². The van der Waals surface area contributed by atoms with Gasteiger partial charge in [-0.25, -0.2) is 9.07 Å².